The van der Waals surface area contributed by atoms with Crippen molar-refractivity contribution >= 4 is 11.7 Å². The first-order chi connectivity index (χ1) is 9.66. The van der Waals surface area contributed by atoms with E-state index in [1.54, 1.807) is 19.1 Å². The smallest absolute Gasteiger partial charge is 0.348 e. The molecule has 6 heteroatoms. The molecule has 0 amide bonds. The molecule has 5 nitrogen and oxygen atoms in total. The SMILES string of the molecule is Cc1nocc1C(=O)Oc1cccc(N2CCC2)c1F. The Labute approximate surface area is 114 Å². The van der Waals surface area contributed by atoms with Crippen LogP contribution < -0.4 is 9.64 Å². The maximum absolute atomic E-state index is 14.3. The highest BCUT2D eigenvalue weighted by Crippen LogP contribution is 2.30. The Balaban J connectivity index is 1.84. The topological polar surface area (TPSA) is 55.6 Å². The number of aryl methyl sites for hydroxylation is 1. The zero-order valence-corrected chi connectivity index (χ0v) is 10.9. The summed E-state index contributed by atoms with van der Waals surface area (Å²) in [5, 5.41) is 3.59. The van der Waals surface area contributed by atoms with E-state index in [0.717, 1.165) is 19.5 Å². The summed E-state index contributed by atoms with van der Waals surface area (Å²) in [5.74, 6) is -1.28. The Morgan fingerprint density at radius 1 is 1.45 bits per heavy atom. The monoisotopic (exact) mass is 276 g/mol. The molecule has 1 aliphatic heterocycles. The van der Waals surface area contributed by atoms with Gasteiger partial charge in [-0.1, -0.05) is 11.2 Å². The molecule has 0 spiro atoms. The molecule has 0 N–H and O–H groups in total. The summed E-state index contributed by atoms with van der Waals surface area (Å²) in [4.78, 5) is 13.8. The van der Waals surface area contributed by atoms with E-state index < -0.39 is 11.8 Å². The lowest BCUT2D eigenvalue weighted by atomic mass is 10.1. The molecule has 0 aliphatic carbocycles. The first-order valence-electron chi connectivity index (χ1n) is 6.33. The van der Waals surface area contributed by atoms with Crippen LogP contribution in [-0.4, -0.2) is 24.2 Å². The number of hydrogen-bond donors (Lipinski definition) is 0. The van der Waals surface area contributed by atoms with Gasteiger partial charge in [0.1, 0.15) is 11.8 Å². The van der Waals surface area contributed by atoms with Crippen LogP contribution in [0.25, 0.3) is 0 Å². The molecule has 2 aromatic rings. The fraction of sp³-hybridized carbons (Fsp3) is 0.286. The van der Waals surface area contributed by atoms with Crippen molar-refractivity contribution in [2.75, 3.05) is 18.0 Å². The second kappa shape index (κ2) is 4.96. The lowest BCUT2D eigenvalue weighted by molar-refractivity contribution is 0.0726. The fourth-order valence-electron chi connectivity index (χ4n) is 2.02. The third-order valence-electron chi connectivity index (χ3n) is 3.31. The van der Waals surface area contributed by atoms with Crippen molar-refractivity contribution < 1.29 is 18.4 Å². The molecule has 0 atom stereocenters. The number of anilines is 1. The van der Waals surface area contributed by atoms with Crippen molar-refractivity contribution in [3.8, 4) is 5.75 Å². The van der Waals surface area contributed by atoms with Crippen LogP contribution in [0.2, 0.25) is 0 Å². The van der Waals surface area contributed by atoms with Gasteiger partial charge in [0.15, 0.2) is 11.6 Å². The van der Waals surface area contributed by atoms with Crippen LogP contribution in [0.3, 0.4) is 0 Å². The number of aromatic nitrogens is 1. The number of ether oxygens (including phenoxy) is 1. The van der Waals surface area contributed by atoms with E-state index in [0.29, 0.717) is 11.4 Å². The molecule has 0 saturated carbocycles. The van der Waals surface area contributed by atoms with E-state index in [1.807, 2.05) is 4.90 Å². The van der Waals surface area contributed by atoms with Gasteiger partial charge in [-0.2, -0.15) is 0 Å². The molecule has 3 rings (SSSR count). The van der Waals surface area contributed by atoms with Crippen LogP contribution in [-0.2, 0) is 0 Å². The highest BCUT2D eigenvalue weighted by atomic mass is 19.1. The molecule has 1 fully saturated rings. The quantitative estimate of drug-likeness (QED) is 0.637. The van der Waals surface area contributed by atoms with Crippen molar-refractivity contribution in [2.45, 2.75) is 13.3 Å². The van der Waals surface area contributed by atoms with Crippen LogP contribution in [0.1, 0.15) is 22.5 Å². The zero-order chi connectivity index (χ0) is 14.1. The van der Waals surface area contributed by atoms with Crippen LogP contribution >= 0.6 is 0 Å². The maximum atomic E-state index is 14.3. The van der Waals surface area contributed by atoms with Crippen LogP contribution in [0.4, 0.5) is 10.1 Å². The van der Waals surface area contributed by atoms with Gasteiger partial charge in [-0.25, -0.2) is 9.18 Å². The number of esters is 1. The van der Waals surface area contributed by atoms with Crippen molar-refractivity contribution in [1.29, 1.82) is 0 Å². The van der Waals surface area contributed by atoms with E-state index >= 15 is 0 Å². The lowest BCUT2D eigenvalue weighted by Crippen LogP contribution is -2.37. The number of hydrogen-bond acceptors (Lipinski definition) is 5. The normalized spacial score (nSPS) is 14.0. The molecule has 0 radical (unpaired) electrons. The molecule has 1 aliphatic rings. The fourth-order valence-corrected chi connectivity index (χ4v) is 2.02. The van der Waals surface area contributed by atoms with Crippen LogP contribution in [0, 0.1) is 12.7 Å². The summed E-state index contributed by atoms with van der Waals surface area (Å²) < 4.78 is 24.0. The maximum Gasteiger partial charge on any atom is 0.348 e. The molecule has 1 aromatic heterocycles. The standard InChI is InChI=1S/C14H13FN2O3/c1-9-10(8-19-16-9)14(18)20-12-5-2-4-11(13(12)15)17-6-3-7-17/h2,4-5,8H,3,6-7H2,1H3. The predicted octanol–water partition coefficient (Wildman–Crippen LogP) is 2.55. The Hall–Kier alpha value is -2.37. The number of carbonyl (C=O) groups excluding carboxylic acids is 1. The largest absolute Gasteiger partial charge is 0.420 e. The van der Waals surface area contributed by atoms with E-state index in [1.165, 1.54) is 12.3 Å². The summed E-state index contributed by atoms with van der Waals surface area (Å²) in [6, 6.07) is 4.77. The summed E-state index contributed by atoms with van der Waals surface area (Å²) in [7, 11) is 0. The number of rotatable bonds is 3. The Bertz CT molecular complexity index is 650. The van der Waals surface area contributed by atoms with Crippen molar-refractivity contribution in [3.05, 3.63) is 41.5 Å². The lowest BCUT2D eigenvalue weighted by Gasteiger charge is -2.33. The van der Waals surface area contributed by atoms with Gasteiger partial charge in [0, 0.05) is 13.1 Å². The van der Waals surface area contributed by atoms with Crippen LogP contribution in [0.15, 0.2) is 29.0 Å². The van der Waals surface area contributed by atoms with Gasteiger partial charge in [-0.3, -0.25) is 0 Å². The van der Waals surface area contributed by atoms with Gasteiger partial charge >= 0.3 is 5.97 Å². The van der Waals surface area contributed by atoms with Crippen molar-refractivity contribution in [1.82, 2.24) is 5.16 Å². The molecule has 0 bridgehead atoms. The average molecular weight is 276 g/mol. The molecule has 104 valence electrons. The van der Waals surface area contributed by atoms with Gasteiger partial charge in [-0.15, -0.1) is 0 Å². The zero-order valence-electron chi connectivity index (χ0n) is 10.9. The van der Waals surface area contributed by atoms with E-state index in [-0.39, 0.29) is 11.3 Å². The van der Waals surface area contributed by atoms with Gasteiger partial charge < -0.3 is 14.2 Å². The molecule has 2 heterocycles. The third kappa shape index (κ3) is 2.13. The second-order valence-electron chi connectivity index (χ2n) is 4.63. The summed E-state index contributed by atoms with van der Waals surface area (Å²) >= 11 is 0. The van der Waals surface area contributed by atoms with Gasteiger partial charge in [0.05, 0.1) is 11.4 Å². The van der Waals surface area contributed by atoms with E-state index in [2.05, 4.69) is 9.68 Å². The molecule has 0 unspecified atom stereocenters. The predicted molar refractivity (Wildman–Crippen MR) is 69.4 cm³/mol. The number of halogens is 1. The summed E-state index contributed by atoms with van der Waals surface area (Å²) in [5.41, 5.74) is 1.07. The number of benzene rings is 1. The number of carbonyl (C=O) groups is 1. The first-order valence-corrected chi connectivity index (χ1v) is 6.33. The third-order valence-corrected chi connectivity index (χ3v) is 3.31. The molecule has 1 saturated heterocycles. The Morgan fingerprint density at radius 2 is 2.25 bits per heavy atom. The van der Waals surface area contributed by atoms with E-state index in [4.69, 9.17) is 4.74 Å². The highest BCUT2D eigenvalue weighted by molar-refractivity contribution is 5.91. The minimum Gasteiger partial charge on any atom is -0.420 e. The van der Waals surface area contributed by atoms with Gasteiger partial charge in [-0.05, 0) is 25.5 Å². The van der Waals surface area contributed by atoms with Crippen molar-refractivity contribution in [2.24, 2.45) is 0 Å². The first kappa shape index (κ1) is 12.7. The molecular formula is C14H13FN2O3. The minimum absolute atomic E-state index is 0.0833. The molecule has 1 aromatic carbocycles. The number of nitrogens with zero attached hydrogens (tertiary/aromatic N) is 2. The van der Waals surface area contributed by atoms with Crippen LogP contribution in [0.5, 0.6) is 5.75 Å². The second-order valence-corrected chi connectivity index (χ2v) is 4.63. The Morgan fingerprint density at radius 3 is 2.85 bits per heavy atom. The molecular weight excluding hydrogens is 263 g/mol. The Kier molecular flexibility index (Phi) is 3.14. The average Bonchev–Trinajstić information content (AvgIpc) is 2.78. The van der Waals surface area contributed by atoms with E-state index in [9.17, 15) is 9.18 Å². The minimum atomic E-state index is -0.677. The van der Waals surface area contributed by atoms with Crippen molar-refractivity contribution in [3.63, 3.8) is 0 Å². The summed E-state index contributed by atoms with van der Waals surface area (Å²) in [6.07, 6.45) is 2.23. The van der Waals surface area contributed by atoms with Gasteiger partial charge in [0.25, 0.3) is 0 Å². The highest BCUT2D eigenvalue weighted by Gasteiger charge is 2.22. The molecule has 20 heavy (non-hydrogen) atoms. The summed E-state index contributed by atoms with van der Waals surface area (Å²) in [6.45, 7) is 3.26. The van der Waals surface area contributed by atoms with Gasteiger partial charge in [0.2, 0.25) is 0 Å².